The SMILES string of the molecule is CNS(=O)(=O)C1CCCC(C)(C)C1. The van der Waals surface area contributed by atoms with E-state index < -0.39 is 10.0 Å². The Bertz CT molecular complexity index is 269. The van der Waals surface area contributed by atoms with Crippen molar-refractivity contribution in [2.45, 2.75) is 44.8 Å². The largest absolute Gasteiger partial charge is 0.218 e. The third-order valence-electron chi connectivity index (χ3n) is 2.88. The summed E-state index contributed by atoms with van der Waals surface area (Å²) in [6.45, 7) is 4.29. The summed E-state index contributed by atoms with van der Waals surface area (Å²) in [5, 5.41) is -0.179. The van der Waals surface area contributed by atoms with Gasteiger partial charge in [-0.2, -0.15) is 0 Å². The van der Waals surface area contributed by atoms with E-state index in [-0.39, 0.29) is 10.7 Å². The Hall–Kier alpha value is -0.0900. The minimum atomic E-state index is -3.04. The van der Waals surface area contributed by atoms with Crippen LogP contribution >= 0.6 is 0 Å². The Labute approximate surface area is 81.0 Å². The average molecular weight is 205 g/mol. The Morgan fingerprint density at radius 3 is 2.46 bits per heavy atom. The molecule has 1 N–H and O–H groups in total. The molecule has 3 nitrogen and oxygen atoms in total. The lowest BCUT2D eigenvalue weighted by atomic mass is 9.77. The molecule has 1 saturated carbocycles. The van der Waals surface area contributed by atoms with Gasteiger partial charge in [0.25, 0.3) is 0 Å². The fourth-order valence-corrected chi connectivity index (χ4v) is 3.54. The zero-order valence-corrected chi connectivity index (χ0v) is 9.45. The minimum absolute atomic E-state index is 0.179. The van der Waals surface area contributed by atoms with Crippen molar-refractivity contribution in [2.24, 2.45) is 5.41 Å². The number of hydrogen-bond acceptors (Lipinski definition) is 2. The Morgan fingerprint density at radius 1 is 1.38 bits per heavy atom. The molecule has 0 aromatic rings. The molecule has 0 amide bonds. The van der Waals surface area contributed by atoms with E-state index in [0.29, 0.717) is 0 Å². The number of sulfonamides is 1. The van der Waals surface area contributed by atoms with Gasteiger partial charge in [-0.05, 0) is 31.7 Å². The quantitative estimate of drug-likeness (QED) is 0.742. The van der Waals surface area contributed by atoms with Gasteiger partial charge < -0.3 is 0 Å². The maximum Gasteiger partial charge on any atom is 0.214 e. The van der Waals surface area contributed by atoms with Crippen molar-refractivity contribution >= 4 is 10.0 Å². The van der Waals surface area contributed by atoms with E-state index in [0.717, 1.165) is 25.7 Å². The number of hydrogen-bond donors (Lipinski definition) is 1. The number of nitrogens with one attached hydrogen (secondary N) is 1. The molecular weight excluding hydrogens is 186 g/mol. The molecule has 1 aliphatic carbocycles. The first-order valence-corrected chi connectivity index (χ1v) is 6.34. The highest BCUT2D eigenvalue weighted by Crippen LogP contribution is 2.37. The van der Waals surface area contributed by atoms with Gasteiger partial charge in [0.05, 0.1) is 5.25 Å². The van der Waals surface area contributed by atoms with E-state index in [9.17, 15) is 8.42 Å². The summed E-state index contributed by atoms with van der Waals surface area (Å²) in [6, 6.07) is 0. The zero-order chi connectivity index (χ0) is 10.1. The fourth-order valence-electron chi connectivity index (χ4n) is 2.06. The standard InChI is InChI=1S/C9H19NO2S/c1-9(2)6-4-5-8(7-9)13(11,12)10-3/h8,10H,4-7H2,1-3H3. The Morgan fingerprint density at radius 2 is 2.00 bits per heavy atom. The highest BCUT2D eigenvalue weighted by atomic mass is 32.2. The molecule has 0 aromatic carbocycles. The minimum Gasteiger partial charge on any atom is -0.218 e. The molecular formula is C9H19NO2S. The van der Waals surface area contributed by atoms with Gasteiger partial charge in [0.15, 0.2) is 0 Å². The second kappa shape index (κ2) is 3.58. The molecule has 13 heavy (non-hydrogen) atoms. The first kappa shape index (κ1) is 11.0. The summed E-state index contributed by atoms with van der Waals surface area (Å²) in [5.41, 5.74) is 0.187. The normalized spacial score (nSPS) is 28.7. The van der Waals surface area contributed by atoms with Gasteiger partial charge in [0, 0.05) is 0 Å². The molecule has 1 fully saturated rings. The molecule has 1 rings (SSSR count). The van der Waals surface area contributed by atoms with Crippen LogP contribution in [0.5, 0.6) is 0 Å². The molecule has 0 saturated heterocycles. The monoisotopic (exact) mass is 205 g/mol. The average Bonchev–Trinajstić information content (AvgIpc) is 2.03. The van der Waals surface area contributed by atoms with Crippen LogP contribution in [0.2, 0.25) is 0 Å². The molecule has 0 aromatic heterocycles. The second-order valence-corrected chi connectivity index (χ2v) is 6.80. The molecule has 0 spiro atoms. The summed E-state index contributed by atoms with van der Waals surface area (Å²) in [7, 11) is -1.55. The fraction of sp³-hybridized carbons (Fsp3) is 1.00. The van der Waals surface area contributed by atoms with Gasteiger partial charge in [-0.1, -0.05) is 20.3 Å². The third kappa shape index (κ3) is 2.68. The summed E-state index contributed by atoms with van der Waals surface area (Å²) in [6.07, 6.45) is 3.77. The predicted octanol–water partition coefficient (Wildman–Crippen LogP) is 1.50. The van der Waals surface area contributed by atoms with Gasteiger partial charge in [0.1, 0.15) is 0 Å². The van der Waals surface area contributed by atoms with Crippen LogP contribution in [-0.4, -0.2) is 20.7 Å². The first-order valence-electron chi connectivity index (χ1n) is 4.80. The molecule has 0 bridgehead atoms. The predicted molar refractivity (Wildman–Crippen MR) is 54.0 cm³/mol. The summed E-state index contributed by atoms with van der Waals surface area (Å²) >= 11 is 0. The molecule has 0 radical (unpaired) electrons. The molecule has 0 aliphatic heterocycles. The van der Waals surface area contributed by atoms with Crippen LogP contribution in [0.25, 0.3) is 0 Å². The van der Waals surface area contributed by atoms with Crippen LogP contribution in [0.3, 0.4) is 0 Å². The molecule has 1 unspecified atom stereocenters. The van der Waals surface area contributed by atoms with Crippen LogP contribution in [0, 0.1) is 5.41 Å². The van der Waals surface area contributed by atoms with E-state index in [1.807, 2.05) is 0 Å². The molecule has 1 atom stereocenters. The van der Waals surface area contributed by atoms with Crippen molar-refractivity contribution in [3.8, 4) is 0 Å². The van der Waals surface area contributed by atoms with Gasteiger partial charge in [-0.3, -0.25) is 0 Å². The van der Waals surface area contributed by atoms with Crippen molar-refractivity contribution in [3.63, 3.8) is 0 Å². The van der Waals surface area contributed by atoms with E-state index in [1.54, 1.807) is 0 Å². The maximum atomic E-state index is 11.5. The van der Waals surface area contributed by atoms with E-state index in [1.165, 1.54) is 7.05 Å². The van der Waals surface area contributed by atoms with Crippen LogP contribution in [0.1, 0.15) is 39.5 Å². The molecule has 1 aliphatic rings. The van der Waals surface area contributed by atoms with Crippen molar-refractivity contribution < 1.29 is 8.42 Å². The maximum absolute atomic E-state index is 11.5. The summed E-state index contributed by atoms with van der Waals surface area (Å²) in [4.78, 5) is 0. The second-order valence-electron chi connectivity index (χ2n) is 4.63. The lowest BCUT2D eigenvalue weighted by Gasteiger charge is -2.34. The Balaban J connectivity index is 2.73. The van der Waals surface area contributed by atoms with Crippen LogP contribution in [-0.2, 0) is 10.0 Å². The van der Waals surface area contributed by atoms with Crippen molar-refractivity contribution in [1.82, 2.24) is 4.72 Å². The zero-order valence-electron chi connectivity index (χ0n) is 8.63. The van der Waals surface area contributed by atoms with E-state index >= 15 is 0 Å². The van der Waals surface area contributed by atoms with Crippen molar-refractivity contribution in [1.29, 1.82) is 0 Å². The smallest absolute Gasteiger partial charge is 0.214 e. The van der Waals surface area contributed by atoms with Crippen LogP contribution < -0.4 is 4.72 Å². The highest BCUT2D eigenvalue weighted by Gasteiger charge is 2.34. The molecule has 4 heteroatoms. The van der Waals surface area contributed by atoms with E-state index in [4.69, 9.17) is 0 Å². The Kier molecular flexibility index (Phi) is 3.02. The van der Waals surface area contributed by atoms with Crippen LogP contribution in [0.15, 0.2) is 0 Å². The lowest BCUT2D eigenvalue weighted by molar-refractivity contribution is 0.245. The van der Waals surface area contributed by atoms with Gasteiger partial charge >= 0.3 is 0 Å². The molecule has 78 valence electrons. The molecule has 0 heterocycles. The highest BCUT2D eigenvalue weighted by molar-refractivity contribution is 7.90. The van der Waals surface area contributed by atoms with Crippen LogP contribution in [0.4, 0.5) is 0 Å². The number of rotatable bonds is 2. The van der Waals surface area contributed by atoms with E-state index in [2.05, 4.69) is 18.6 Å². The third-order valence-corrected chi connectivity index (χ3v) is 4.73. The summed E-state index contributed by atoms with van der Waals surface area (Å²) in [5.74, 6) is 0. The lowest BCUT2D eigenvalue weighted by Crippen LogP contribution is -2.38. The van der Waals surface area contributed by atoms with Crippen molar-refractivity contribution in [2.75, 3.05) is 7.05 Å². The topological polar surface area (TPSA) is 46.2 Å². The van der Waals surface area contributed by atoms with Gasteiger partial charge in [-0.15, -0.1) is 0 Å². The van der Waals surface area contributed by atoms with Crippen molar-refractivity contribution in [3.05, 3.63) is 0 Å². The summed E-state index contributed by atoms with van der Waals surface area (Å²) < 4.78 is 25.5. The van der Waals surface area contributed by atoms with Gasteiger partial charge in [-0.25, -0.2) is 13.1 Å². The van der Waals surface area contributed by atoms with Gasteiger partial charge in [0.2, 0.25) is 10.0 Å². The first-order chi connectivity index (χ1) is 5.87.